The molecule has 0 aliphatic carbocycles. The van der Waals surface area contributed by atoms with Crippen molar-refractivity contribution < 1.29 is 14.3 Å². The molecule has 5 nitrogen and oxygen atoms in total. The van der Waals surface area contributed by atoms with Gasteiger partial charge in [0.25, 0.3) is 5.91 Å². The van der Waals surface area contributed by atoms with Crippen LogP contribution < -0.4 is 10.1 Å². The average molecular weight is 427 g/mol. The Kier molecular flexibility index (Phi) is 7.31. The molecule has 2 saturated heterocycles. The van der Waals surface area contributed by atoms with E-state index in [1.807, 2.05) is 36.9 Å². The molecule has 1 atom stereocenters. The van der Waals surface area contributed by atoms with E-state index in [0.29, 0.717) is 12.2 Å². The number of carbonyl (C=O) groups is 1. The number of rotatable bonds is 7. The largest absolute Gasteiger partial charge is 0.491 e. The Bertz CT molecular complexity index is 844. The van der Waals surface area contributed by atoms with E-state index in [9.17, 15) is 4.79 Å². The van der Waals surface area contributed by atoms with Crippen LogP contribution in [-0.2, 0) is 11.3 Å². The Labute approximate surface area is 183 Å². The molecule has 0 unspecified atom stereocenters. The third-order valence-electron chi connectivity index (χ3n) is 5.63. The SMILES string of the molecule is Cc1cc(CN2CCSCC2)ccc1NC(=O)c1ccc(OC[C@@H]2CCCO2)cc1. The smallest absolute Gasteiger partial charge is 0.255 e. The maximum atomic E-state index is 12.7. The third-order valence-corrected chi connectivity index (χ3v) is 6.57. The van der Waals surface area contributed by atoms with Crippen molar-refractivity contribution in [3.63, 3.8) is 0 Å². The average Bonchev–Trinajstić information content (AvgIpc) is 3.29. The van der Waals surface area contributed by atoms with Gasteiger partial charge in [0.05, 0.1) is 6.10 Å². The number of aryl methyl sites for hydroxylation is 1. The Morgan fingerprint density at radius 2 is 2.00 bits per heavy atom. The topological polar surface area (TPSA) is 50.8 Å². The predicted molar refractivity (Wildman–Crippen MR) is 123 cm³/mol. The molecule has 0 bridgehead atoms. The number of nitrogens with one attached hydrogen (secondary N) is 1. The van der Waals surface area contributed by atoms with E-state index in [1.165, 1.54) is 17.1 Å². The Hall–Kier alpha value is -2.02. The van der Waals surface area contributed by atoms with Gasteiger partial charge in [-0.3, -0.25) is 9.69 Å². The first-order valence-electron chi connectivity index (χ1n) is 10.7. The quantitative estimate of drug-likeness (QED) is 0.713. The number of thioether (sulfide) groups is 1. The zero-order valence-electron chi connectivity index (χ0n) is 17.6. The summed E-state index contributed by atoms with van der Waals surface area (Å²) in [7, 11) is 0. The molecule has 0 saturated carbocycles. The monoisotopic (exact) mass is 426 g/mol. The predicted octanol–water partition coefficient (Wildman–Crippen LogP) is 4.35. The van der Waals surface area contributed by atoms with Gasteiger partial charge in [0, 0.05) is 49.0 Å². The summed E-state index contributed by atoms with van der Waals surface area (Å²) >= 11 is 2.03. The van der Waals surface area contributed by atoms with Crippen LogP contribution in [0.2, 0.25) is 0 Å². The molecule has 1 N–H and O–H groups in total. The highest BCUT2D eigenvalue weighted by atomic mass is 32.2. The molecule has 2 heterocycles. The molecule has 1 amide bonds. The van der Waals surface area contributed by atoms with Crippen molar-refractivity contribution in [3.8, 4) is 5.75 Å². The third kappa shape index (κ3) is 5.78. The maximum absolute atomic E-state index is 12.7. The summed E-state index contributed by atoms with van der Waals surface area (Å²) in [4.78, 5) is 15.2. The van der Waals surface area contributed by atoms with Crippen LogP contribution in [0.3, 0.4) is 0 Å². The van der Waals surface area contributed by atoms with E-state index >= 15 is 0 Å². The standard InChI is InChI=1S/C24H30N2O3S/c1-18-15-19(16-26-10-13-30-14-11-26)4-9-23(18)25-24(27)20-5-7-21(8-6-20)29-17-22-3-2-12-28-22/h4-9,15,22H,2-3,10-14,16-17H2,1H3,(H,25,27)/t22-/m0/s1. The van der Waals surface area contributed by atoms with Crippen molar-refractivity contribution in [2.75, 3.05) is 43.1 Å². The van der Waals surface area contributed by atoms with Gasteiger partial charge in [0.1, 0.15) is 12.4 Å². The minimum atomic E-state index is -0.107. The van der Waals surface area contributed by atoms with Gasteiger partial charge in [-0.25, -0.2) is 0 Å². The highest BCUT2D eigenvalue weighted by Crippen LogP contribution is 2.21. The van der Waals surface area contributed by atoms with Crippen molar-refractivity contribution in [2.24, 2.45) is 0 Å². The van der Waals surface area contributed by atoms with E-state index in [-0.39, 0.29) is 12.0 Å². The Morgan fingerprint density at radius 3 is 2.70 bits per heavy atom. The van der Waals surface area contributed by atoms with E-state index in [2.05, 4.69) is 22.3 Å². The van der Waals surface area contributed by atoms with Crippen LogP contribution in [0.1, 0.15) is 34.3 Å². The molecule has 30 heavy (non-hydrogen) atoms. The summed E-state index contributed by atoms with van der Waals surface area (Å²) in [6.45, 7) is 6.71. The van der Waals surface area contributed by atoms with Crippen LogP contribution in [0, 0.1) is 6.92 Å². The van der Waals surface area contributed by atoms with Crippen LogP contribution >= 0.6 is 11.8 Å². The van der Waals surface area contributed by atoms with Crippen LogP contribution in [-0.4, -0.2) is 54.7 Å². The molecule has 0 aromatic heterocycles. The lowest BCUT2D eigenvalue weighted by molar-refractivity contribution is 0.0679. The van der Waals surface area contributed by atoms with Crippen LogP contribution in [0.15, 0.2) is 42.5 Å². The number of amides is 1. The molecule has 0 radical (unpaired) electrons. The molecule has 2 aliphatic rings. The fraction of sp³-hybridized carbons (Fsp3) is 0.458. The summed E-state index contributed by atoms with van der Waals surface area (Å²) < 4.78 is 11.3. The van der Waals surface area contributed by atoms with Crippen LogP contribution in [0.5, 0.6) is 5.75 Å². The number of anilines is 1. The minimum Gasteiger partial charge on any atom is -0.491 e. The lowest BCUT2D eigenvalue weighted by Crippen LogP contribution is -2.31. The van der Waals surface area contributed by atoms with Gasteiger partial charge in [0.2, 0.25) is 0 Å². The summed E-state index contributed by atoms with van der Waals surface area (Å²) in [5.74, 6) is 3.08. The van der Waals surface area contributed by atoms with Crippen molar-refractivity contribution in [1.82, 2.24) is 4.90 Å². The zero-order valence-corrected chi connectivity index (χ0v) is 18.4. The van der Waals surface area contributed by atoms with Crippen molar-refractivity contribution in [3.05, 3.63) is 59.2 Å². The van der Waals surface area contributed by atoms with Crippen LogP contribution in [0.4, 0.5) is 5.69 Å². The molecule has 2 aromatic rings. The minimum absolute atomic E-state index is 0.107. The zero-order chi connectivity index (χ0) is 20.8. The summed E-state index contributed by atoms with van der Waals surface area (Å²) in [6.07, 6.45) is 2.34. The second kappa shape index (κ2) is 10.3. The summed E-state index contributed by atoms with van der Waals surface area (Å²) in [5, 5.41) is 3.04. The molecule has 0 spiro atoms. The van der Waals surface area contributed by atoms with Crippen molar-refractivity contribution in [1.29, 1.82) is 0 Å². The number of hydrogen-bond donors (Lipinski definition) is 1. The van der Waals surface area contributed by atoms with Gasteiger partial charge in [-0.15, -0.1) is 0 Å². The molecule has 160 valence electrons. The van der Waals surface area contributed by atoms with Gasteiger partial charge < -0.3 is 14.8 Å². The summed E-state index contributed by atoms with van der Waals surface area (Å²) in [5.41, 5.74) is 3.86. The fourth-order valence-corrected chi connectivity index (χ4v) is 4.82. The lowest BCUT2D eigenvalue weighted by Gasteiger charge is -2.26. The first-order chi connectivity index (χ1) is 14.7. The molecule has 6 heteroatoms. The van der Waals surface area contributed by atoms with Gasteiger partial charge in [-0.2, -0.15) is 11.8 Å². The second-order valence-electron chi connectivity index (χ2n) is 7.96. The first-order valence-corrected chi connectivity index (χ1v) is 11.9. The van der Waals surface area contributed by atoms with E-state index < -0.39 is 0 Å². The number of ether oxygens (including phenoxy) is 2. The molecular formula is C24H30N2O3S. The lowest BCUT2D eigenvalue weighted by atomic mass is 10.1. The number of hydrogen-bond acceptors (Lipinski definition) is 5. The number of nitrogens with zero attached hydrogens (tertiary/aromatic N) is 1. The molecule has 2 aliphatic heterocycles. The molecule has 2 fully saturated rings. The highest BCUT2D eigenvalue weighted by Gasteiger charge is 2.16. The van der Waals surface area contributed by atoms with Gasteiger partial charge >= 0.3 is 0 Å². The van der Waals surface area contributed by atoms with Gasteiger partial charge in [-0.05, 0) is 61.2 Å². The van der Waals surface area contributed by atoms with Crippen LogP contribution in [0.25, 0.3) is 0 Å². The first kappa shape index (κ1) is 21.2. The van der Waals surface area contributed by atoms with E-state index in [4.69, 9.17) is 9.47 Å². The number of benzene rings is 2. The number of carbonyl (C=O) groups excluding carboxylic acids is 1. The van der Waals surface area contributed by atoms with Gasteiger partial charge in [-0.1, -0.05) is 12.1 Å². The molecule has 2 aromatic carbocycles. The maximum Gasteiger partial charge on any atom is 0.255 e. The normalized spacial score (nSPS) is 19.6. The van der Waals surface area contributed by atoms with Crippen molar-refractivity contribution >= 4 is 23.4 Å². The fourth-order valence-electron chi connectivity index (χ4n) is 3.84. The Balaban J connectivity index is 1.31. The molecular weight excluding hydrogens is 396 g/mol. The van der Waals surface area contributed by atoms with Gasteiger partial charge in [0.15, 0.2) is 0 Å². The Morgan fingerprint density at radius 1 is 1.20 bits per heavy atom. The molecule has 4 rings (SSSR count). The van der Waals surface area contributed by atoms with E-state index in [1.54, 1.807) is 12.1 Å². The highest BCUT2D eigenvalue weighted by molar-refractivity contribution is 7.99. The second-order valence-corrected chi connectivity index (χ2v) is 9.19. The van der Waals surface area contributed by atoms with E-state index in [0.717, 1.165) is 56.1 Å². The van der Waals surface area contributed by atoms with Crippen molar-refractivity contribution in [2.45, 2.75) is 32.4 Å². The summed E-state index contributed by atoms with van der Waals surface area (Å²) in [6, 6.07) is 13.6.